The summed E-state index contributed by atoms with van der Waals surface area (Å²) in [5.41, 5.74) is 0. The Morgan fingerprint density at radius 2 is 2.14 bits per heavy atom. The molecule has 0 radical (unpaired) electrons. The Kier molecular flexibility index (Phi) is 4.45. The van der Waals surface area contributed by atoms with Crippen molar-refractivity contribution in [1.82, 2.24) is 0 Å². The summed E-state index contributed by atoms with van der Waals surface area (Å²) >= 11 is 0. The maximum Gasteiger partial charge on any atom is 0.0644 e. The molecule has 0 spiro atoms. The zero-order valence-electron chi connectivity index (χ0n) is 5.40. The lowest BCUT2D eigenvalue weighted by Crippen LogP contribution is -2.12. The van der Waals surface area contributed by atoms with Crippen LogP contribution < -0.4 is 0 Å². The molecule has 1 unspecified atom stereocenters. The van der Waals surface area contributed by atoms with Gasteiger partial charge in [0.25, 0.3) is 0 Å². The summed E-state index contributed by atoms with van der Waals surface area (Å²) in [7, 11) is 1.37. The number of hydrogen-bond donors (Lipinski definition) is 0. The highest BCUT2D eigenvalue weighted by Gasteiger charge is 1.95. The van der Waals surface area contributed by atoms with Crippen LogP contribution in [0.4, 0.5) is 0 Å². The standard InChI is InChI=1S/C5H14OSi/c1-4-7(3)5-6-2/h7H,4-5H2,1-3H3. The van der Waals surface area contributed by atoms with E-state index in [0.29, 0.717) is 0 Å². The van der Waals surface area contributed by atoms with Crippen molar-refractivity contribution in [2.75, 3.05) is 13.3 Å². The van der Waals surface area contributed by atoms with E-state index in [1.165, 1.54) is 6.04 Å². The number of rotatable bonds is 3. The van der Waals surface area contributed by atoms with Gasteiger partial charge in [-0.15, -0.1) is 0 Å². The van der Waals surface area contributed by atoms with Gasteiger partial charge in [-0.3, -0.25) is 0 Å². The predicted octanol–water partition coefficient (Wildman–Crippen LogP) is 1.05. The van der Waals surface area contributed by atoms with E-state index in [0.717, 1.165) is 6.23 Å². The molecular formula is C5H14OSi. The SMILES string of the molecule is CC[SiH](C)COC. The molecule has 0 N–H and O–H groups in total. The number of hydrogen-bond acceptors (Lipinski definition) is 1. The van der Waals surface area contributed by atoms with Crippen LogP contribution in [0.15, 0.2) is 0 Å². The van der Waals surface area contributed by atoms with E-state index in [-0.39, 0.29) is 0 Å². The second kappa shape index (κ2) is 4.34. The highest BCUT2D eigenvalue weighted by atomic mass is 28.3. The average molecular weight is 118 g/mol. The molecule has 0 aromatic carbocycles. The van der Waals surface area contributed by atoms with Gasteiger partial charge in [-0.2, -0.15) is 0 Å². The van der Waals surface area contributed by atoms with Gasteiger partial charge in [-0.05, 0) is 0 Å². The fourth-order valence-corrected chi connectivity index (χ4v) is 1.21. The highest BCUT2D eigenvalue weighted by molar-refractivity contribution is 6.57. The summed E-state index contributed by atoms with van der Waals surface area (Å²) < 4.78 is 4.96. The molecular weight excluding hydrogens is 104 g/mol. The van der Waals surface area contributed by atoms with E-state index >= 15 is 0 Å². The normalized spacial score (nSPS) is 14.1. The van der Waals surface area contributed by atoms with Crippen molar-refractivity contribution in [3.05, 3.63) is 0 Å². The molecule has 0 aromatic rings. The summed E-state index contributed by atoms with van der Waals surface area (Å²) in [5.74, 6) is 0. The van der Waals surface area contributed by atoms with Crippen molar-refractivity contribution in [1.29, 1.82) is 0 Å². The number of ether oxygens (including phenoxy) is 1. The smallest absolute Gasteiger partial charge is 0.0644 e. The van der Waals surface area contributed by atoms with Crippen molar-refractivity contribution in [2.45, 2.75) is 19.5 Å². The molecule has 0 aromatic heterocycles. The summed E-state index contributed by atoms with van der Waals surface area (Å²) in [6.07, 6.45) is 1.04. The van der Waals surface area contributed by atoms with E-state index in [1.807, 2.05) is 0 Å². The molecule has 0 amide bonds. The van der Waals surface area contributed by atoms with Crippen molar-refractivity contribution in [3.8, 4) is 0 Å². The van der Waals surface area contributed by atoms with E-state index in [9.17, 15) is 0 Å². The van der Waals surface area contributed by atoms with Gasteiger partial charge in [0, 0.05) is 13.3 Å². The first kappa shape index (κ1) is 7.18. The van der Waals surface area contributed by atoms with E-state index < -0.39 is 8.80 Å². The molecule has 0 heterocycles. The number of methoxy groups -OCH3 is 1. The third-order valence-corrected chi connectivity index (χ3v) is 3.44. The van der Waals surface area contributed by atoms with Gasteiger partial charge in [-0.1, -0.05) is 19.5 Å². The first-order valence-electron chi connectivity index (χ1n) is 2.80. The van der Waals surface area contributed by atoms with E-state index in [4.69, 9.17) is 4.74 Å². The van der Waals surface area contributed by atoms with Crippen LogP contribution in [0.2, 0.25) is 12.6 Å². The summed E-state index contributed by atoms with van der Waals surface area (Å²) in [6, 6.07) is 1.36. The van der Waals surface area contributed by atoms with Gasteiger partial charge in [0.1, 0.15) is 0 Å². The van der Waals surface area contributed by atoms with Crippen LogP contribution in [-0.4, -0.2) is 22.1 Å². The molecule has 44 valence electrons. The Balaban J connectivity index is 2.83. The first-order valence-corrected chi connectivity index (χ1v) is 5.59. The quantitative estimate of drug-likeness (QED) is 0.503. The molecule has 0 aliphatic rings. The first-order chi connectivity index (χ1) is 3.31. The lowest BCUT2D eigenvalue weighted by molar-refractivity contribution is 0.249. The Labute approximate surface area is 47.3 Å². The molecule has 0 aliphatic carbocycles. The molecule has 0 aliphatic heterocycles. The molecule has 0 saturated heterocycles. The Morgan fingerprint density at radius 3 is 2.29 bits per heavy atom. The summed E-state index contributed by atoms with van der Waals surface area (Å²) in [4.78, 5) is 0. The minimum Gasteiger partial charge on any atom is -0.388 e. The fourth-order valence-electron chi connectivity index (χ4n) is 0.402. The van der Waals surface area contributed by atoms with Crippen LogP contribution in [0.3, 0.4) is 0 Å². The zero-order valence-corrected chi connectivity index (χ0v) is 6.55. The monoisotopic (exact) mass is 118 g/mol. The lowest BCUT2D eigenvalue weighted by atomic mass is 11.0. The van der Waals surface area contributed by atoms with E-state index in [2.05, 4.69) is 13.5 Å². The van der Waals surface area contributed by atoms with Crippen LogP contribution in [0.5, 0.6) is 0 Å². The van der Waals surface area contributed by atoms with Crippen molar-refractivity contribution in [3.63, 3.8) is 0 Å². The largest absolute Gasteiger partial charge is 0.388 e. The van der Waals surface area contributed by atoms with Crippen LogP contribution in [0.25, 0.3) is 0 Å². The van der Waals surface area contributed by atoms with Crippen LogP contribution in [0.1, 0.15) is 6.92 Å². The third-order valence-electron chi connectivity index (χ3n) is 1.15. The van der Waals surface area contributed by atoms with E-state index in [1.54, 1.807) is 7.11 Å². The van der Waals surface area contributed by atoms with Crippen LogP contribution in [-0.2, 0) is 4.74 Å². The summed E-state index contributed by atoms with van der Waals surface area (Å²) in [5, 5.41) is 0. The minimum absolute atomic E-state index is 0.404. The van der Waals surface area contributed by atoms with Gasteiger partial charge in [0.15, 0.2) is 0 Å². The Bertz CT molecular complexity index is 39.1. The van der Waals surface area contributed by atoms with Crippen LogP contribution in [0, 0.1) is 0 Å². The lowest BCUT2D eigenvalue weighted by Gasteiger charge is -2.01. The molecule has 1 nitrogen and oxygen atoms in total. The van der Waals surface area contributed by atoms with Gasteiger partial charge < -0.3 is 4.74 Å². The second-order valence-corrected chi connectivity index (χ2v) is 5.33. The molecule has 0 fully saturated rings. The topological polar surface area (TPSA) is 9.23 Å². The predicted molar refractivity (Wildman–Crippen MR) is 35.4 cm³/mol. The minimum atomic E-state index is -0.404. The Hall–Kier alpha value is 0.177. The molecule has 1 atom stereocenters. The molecule has 2 heteroatoms. The Morgan fingerprint density at radius 1 is 1.57 bits per heavy atom. The second-order valence-electron chi connectivity index (χ2n) is 1.97. The average Bonchev–Trinajstić information content (AvgIpc) is 1.68. The van der Waals surface area contributed by atoms with Gasteiger partial charge >= 0.3 is 0 Å². The highest BCUT2D eigenvalue weighted by Crippen LogP contribution is 1.87. The summed E-state index contributed by atoms with van der Waals surface area (Å²) in [6.45, 7) is 4.55. The zero-order chi connectivity index (χ0) is 5.70. The van der Waals surface area contributed by atoms with Crippen molar-refractivity contribution in [2.24, 2.45) is 0 Å². The molecule has 7 heavy (non-hydrogen) atoms. The van der Waals surface area contributed by atoms with Crippen LogP contribution >= 0.6 is 0 Å². The molecule has 0 saturated carbocycles. The fraction of sp³-hybridized carbons (Fsp3) is 1.00. The maximum absolute atomic E-state index is 4.96. The molecule has 0 bridgehead atoms. The van der Waals surface area contributed by atoms with Crippen molar-refractivity contribution >= 4 is 8.80 Å². The maximum atomic E-state index is 4.96. The van der Waals surface area contributed by atoms with Crippen molar-refractivity contribution < 1.29 is 4.74 Å². The van der Waals surface area contributed by atoms with Gasteiger partial charge in [0.05, 0.1) is 8.80 Å². The van der Waals surface area contributed by atoms with Gasteiger partial charge in [-0.25, -0.2) is 0 Å². The molecule has 0 rings (SSSR count). The third kappa shape index (κ3) is 4.02. The van der Waals surface area contributed by atoms with Gasteiger partial charge in [0.2, 0.25) is 0 Å².